The van der Waals surface area contributed by atoms with Gasteiger partial charge in [-0.1, -0.05) is 24.1 Å². The Balaban J connectivity index is 2.16. The lowest BCUT2D eigenvalue weighted by Crippen LogP contribution is -2.12. The lowest BCUT2D eigenvalue weighted by atomic mass is 10.1. The van der Waals surface area contributed by atoms with E-state index in [-0.39, 0.29) is 17.9 Å². The van der Waals surface area contributed by atoms with Crippen LogP contribution in [-0.2, 0) is 0 Å². The highest BCUT2D eigenvalue weighted by molar-refractivity contribution is 6.08. The minimum Gasteiger partial charge on any atom is -0.507 e. The van der Waals surface area contributed by atoms with Crippen molar-refractivity contribution in [3.8, 4) is 23.8 Å². The van der Waals surface area contributed by atoms with Gasteiger partial charge in [-0.25, -0.2) is 4.79 Å². The first-order valence-corrected chi connectivity index (χ1v) is 6.73. The number of aromatic hydroxyl groups is 1. The maximum Gasteiger partial charge on any atom is 0.351 e. The molecule has 0 aliphatic heterocycles. The summed E-state index contributed by atoms with van der Waals surface area (Å²) in [5, 5.41) is 9.71. The fourth-order valence-electron chi connectivity index (χ4n) is 1.88. The number of hydrogen-bond donors (Lipinski definition) is 1. The molecule has 0 atom stereocenters. The third kappa shape index (κ3) is 4.11. The van der Waals surface area contributed by atoms with E-state index in [0.29, 0.717) is 5.75 Å². The SMILES string of the molecule is C#CCOc1ccc(/C=C/C(=O)c2c(O)cc(C)oc2=O)cc1. The highest BCUT2D eigenvalue weighted by atomic mass is 16.5. The van der Waals surface area contributed by atoms with Gasteiger partial charge in [-0.2, -0.15) is 0 Å². The van der Waals surface area contributed by atoms with E-state index in [9.17, 15) is 14.7 Å². The van der Waals surface area contributed by atoms with Crippen LogP contribution in [0.4, 0.5) is 0 Å². The van der Waals surface area contributed by atoms with Crippen LogP contribution in [0, 0.1) is 19.3 Å². The van der Waals surface area contributed by atoms with E-state index in [1.54, 1.807) is 24.3 Å². The minimum atomic E-state index is -0.866. The summed E-state index contributed by atoms with van der Waals surface area (Å²) in [6.07, 6.45) is 7.81. The van der Waals surface area contributed by atoms with Crippen molar-refractivity contribution in [2.75, 3.05) is 6.61 Å². The molecule has 1 heterocycles. The van der Waals surface area contributed by atoms with Gasteiger partial charge < -0.3 is 14.3 Å². The van der Waals surface area contributed by atoms with Crippen LogP contribution >= 0.6 is 0 Å². The van der Waals surface area contributed by atoms with Gasteiger partial charge in [0, 0.05) is 6.07 Å². The van der Waals surface area contributed by atoms with Crippen molar-refractivity contribution >= 4 is 11.9 Å². The van der Waals surface area contributed by atoms with Crippen molar-refractivity contribution in [2.24, 2.45) is 0 Å². The summed E-state index contributed by atoms with van der Waals surface area (Å²) < 4.78 is 10.0. The van der Waals surface area contributed by atoms with Crippen LogP contribution in [0.15, 0.2) is 45.6 Å². The molecule has 0 aliphatic carbocycles. The largest absolute Gasteiger partial charge is 0.507 e. The Morgan fingerprint density at radius 1 is 1.39 bits per heavy atom. The van der Waals surface area contributed by atoms with E-state index >= 15 is 0 Å². The number of hydrogen-bond acceptors (Lipinski definition) is 5. The van der Waals surface area contributed by atoms with Crippen LogP contribution in [-0.4, -0.2) is 17.5 Å². The third-order valence-electron chi connectivity index (χ3n) is 2.93. The van der Waals surface area contributed by atoms with Crippen LogP contribution in [0.2, 0.25) is 0 Å². The zero-order valence-corrected chi connectivity index (χ0v) is 12.4. The molecular formula is C18H14O5. The molecule has 2 aromatic rings. The first kappa shape index (κ1) is 16.1. The van der Waals surface area contributed by atoms with E-state index in [1.165, 1.54) is 25.1 Å². The zero-order valence-electron chi connectivity index (χ0n) is 12.4. The average molecular weight is 310 g/mol. The van der Waals surface area contributed by atoms with Crippen molar-refractivity contribution in [3.05, 3.63) is 63.7 Å². The highest BCUT2D eigenvalue weighted by Gasteiger charge is 2.15. The lowest BCUT2D eigenvalue weighted by Gasteiger charge is -2.02. The Hall–Kier alpha value is -3.26. The standard InChI is InChI=1S/C18H14O5/c1-3-10-22-14-7-4-13(5-8-14)6-9-15(19)17-16(20)11-12(2)23-18(17)21/h1,4-9,11,20H,10H2,2H3/b9-6+. The number of aryl methyl sites for hydroxylation is 1. The summed E-state index contributed by atoms with van der Waals surface area (Å²) in [6, 6.07) is 8.10. The molecule has 0 spiro atoms. The number of carbonyl (C=O) groups excluding carboxylic acids is 1. The summed E-state index contributed by atoms with van der Waals surface area (Å²) in [5.74, 6) is 2.17. The average Bonchev–Trinajstić information content (AvgIpc) is 2.51. The topological polar surface area (TPSA) is 76.7 Å². The van der Waals surface area contributed by atoms with Gasteiger partial charge in [0.25, 0.3) is 0 Å². The Bertz CT molecular complexity index is 835. The number of ether oxygens (including phenoxy) is 1. The summed E-state index contributed by atoms with van der Waals surface area (Å²) in [5.41, 5.74) is -0.529. The minimum absolute atomic E-state index is 0.177. The van der Waals surface area contributed by atoms with Gasteiger partial charge in [0.05, 0.1) is 0 Å². The van der Waals surface area contributed by atoms with Gasteiger partial charge in [0.15, 0.2) is 5.78 Å². The van der Waals surface area contributed by atoms with Crippen molar-refractivity contribution in [3.63, 3.8) is 0 Å². The second kappa shape index (κ2) is 7.14. The first-order valence-electron chi connectivity index (χ1n) is 6.73. The van der Waals surface area contributed by atoms with Crippen molar-refractivity contribution in [1.82, 2.24) is 0 Å². The second-order valence-corrected chi connectivity index (χ2v) is 4.66. The summed E-state index contributed by atoms with van der Waals surface area (Å²) in [6.45, 7) is 1.69. The van der Waals surface area contributed by atoms with E-state index in [0.717, 1.165) is 5.56 Å². The van der Waals surface area contributed by atoms with Crippen LogP contribution in [0.1, 0.15) is 21.7 Å². The molecular weight excluding hydrogens is 296 g/mol. The molecule has 0 bridgehead atoms. The molecule has 0 saturated heterocycles. The molecule has 5 nitrogen and oxygen atoms in total. The quantitative estimate of drug-likeness (QED) is 0.522. The summed E-state index contributed by atoms with van der Waals surface area (Å²) >= 11 is 0. The maximum atomic E-state index is 12.0. The van der Waals surface area contributed by atoms with Gasteiger partial charge in [-0.3, -0.25) is 4.79 Å². The fraction of sp³-hybridized carbons (Fsp3) is 0.111. The molecule has 0 amide bonds. The predicted octanol–water partition coefficient (Wildman–Crippen LogP) is 2.56. The van der Waals surface area contributed by atoms with Gasteiger partial charge in [0.1, 0.15) is 29.4 Å². The number of carbonyl (C=O) groups is 1. The summed E-state index contributed by atoms with van der Waals surface area (Å²) in [4.78, 5) is 23.7. The Morgan fingerprint density at radius 3 is 2.70 bits per heavy atom. The van der Waals surface area contributed by atoms with Crippen LogP contribution in [0.5, 0.6) is 11.5 Å². The number of terminal acetylenes is 1. The zero-order chi connectivity index (χ0) is 16.8. The summed E-state index contributed by atoms with van der Waals surface area (Å²) in [7, 11) is 0. The molecule has 0 fully saturated rings. The van der Waals surface area contributed by atoms with Crippen LogP contribution in [0.25, 0.3) is 6.08 Å². The van der Waals surface area contributed by atoms with E-state index in [4.69, 9.17) is 15.6 Å². The number of allylic oxidation sites excluding steroid dienone is 1. The molecule has 1 aromatic heterocycles. The molecule has 23 heavy (non-hydrogen) atoms. The lowest BCUT2D eigenvalue weighted by molar-refractivity contribution is 0.104. The number of benzene rings is 1. The molecule has 2 rings (SSSR count). The van der Waals surface area contributed by atoms with Crippen molar-refractivity contribution < 1.29 is 19.1 Å². The highest BCUT2D eigenvalue weighted by Crippen LogP contribution is 2.17. The molecule has 1 N–H and O–H groups in total. The number of rotatable bonds is 5. The second-order valence-electron chi connectivity index (χ2n) is 4.66. The van der Waals surface area contributed by atoms with E-state index < -0.39 is 17.2 Å². The van der Waals surface area contributed by atoms with Gasteiger partial charge in [-0.05, 0) is 30.7 Å². The number of ketones is 1. The van der Waals surface area contributed by atoms with Gasteiger partial charge in [0.2, 0.25) is 0 Å². The molecule has 116 valence electrons. The molecule has 5 heteroatoms. The molecule has 0 saturated carbocycles. The predicted molar refractivity (Wildman–Crippen MR) is 85.5 cm³/mol. The third-order valence-corrected chi connectivity index (χ3v) is 2.93. The van der Waals surface area contributed by atoms with Crippen molar-refractivity contribution in [2.45, 2.75) is 6.92 Å². The Labute approximate surface area is 132 Å². The monoisotopic (exact) mass is 310 g/mol. The smallest absolute Gasteiger partial charge is 0.351 e. The Kier molecular flexibility index (Phi) is 5.00. The molecule has 0 unspecified atom stereocenters. The van der Waals surface area contributed by atoms with Crippen molar-refractivity contribution in [1.29, 1.82) is 0 Å². The Morgan fingerprint density at radius 2 is 2.09 bits per heavy atom. The van der Waals surface area contributed by atoms with Crippen LogP contribution in [0.3, 0.4) is 0 Å². The molecule has 0 radical (unpaired) electrons. The molecule has 0 aliphatic rings. The van der Waals surface area contributed by atoms with Crippen LogP contribution < -0.4 is 10.4 Å². The van der Waals surface area contributed by atoms with Gasteiger partial charge >= 0.3 is 5.63 Å². The normalized spacial score (nSPS) is 10.4. The first-order chi connectivity index (χ1) is 11.0. The molecule has 1 aromatic carbocycles. The maximum absolute atomic E-state index is 12.0. The van der Waals surface area contributed by atoms with E-state index in [2.05, 4.69) is 5.92 Å². The van der Waals surface area contributed by atoms with Gasteiger partial charge in [-0.15, -0.1) is 6.42 Å². The van der Waals surface area contributed by atoms with E-state index in [1.807, 2.05) is 0 Å². The fourth-order valence-corrected chi connectivity index (χ4v) is 1.88.